The molecule has 2 aromatic rings. The molecule has 0 radical (unpaired) electrons. The van der Waals surface area contributed by atoms with Crippen LogP contribution in [0.5, 0.6) is 0 Å². The number of rotatable bonds is 6. The van der Waals surface area contributed by atoms with Gasteiger partial charge < -0.3 is 19.8 Å². The maximum absolute atomic E-state index is 11.8. The summed E-state index contributed by atoms with van der Waals surface area (Å²) in [7, 11) is 2.13. The third kappa shape index (κ3) is 3.89. The first-order chi connectivity index (χ1) is 12.4. The summed E-state index contributed by atoms with van der Waals surface area (Å²) in [6.07, 6.45) is 0. The second-order valence-electron chi connectivity index (χ2n) is 7.36. The first-order valence-electron chi connectivity index (χ1n) is 8.84. The molecule has 7 nitrogen and oxygen atoms in total. The van der Waals surface area contributed by atoms with Crippen LogP contribution < -0.4 is 5.32 Å². The molecule has 0 atom stereocenters. The standard InChI is InChI=1S/C19H26N4O3/c1-19(2,23-11-9-22(3)10-12-23)13-20-17-15(18(24)25)16(26-21-17)14-7-5-4-6-8-14/h4-8H,9-13H2,1-3H3,(H,20,21)(H,24,25). The van der Waals surface area contributed by atoms with Crippen LogP contribution in [0.4, 0.5) is 5.82 Å². The molecule has 1 fully saturated rings. The summed E-state index contributed by atoms with van der Waals surface area (Å²) >= 11 is 0. The molecule has 3 rings (SSSR count). The number of hydrogen-bond acceptors (Lipinski definition) is 6. The van der Waals surface area contributed by atoms with Crippen molar-refractivity contribution >= 4 is 11.8 Å². The number of piperazine rings is 1. The number of hydrogen-bond donors (Lipinski definition) is 2. The van der Waals surface area contributed by atoms with Crippen LogP contribution in [0.2, 0.25) is 0 Å². The number of likely N-dealkylation sites (N-methyl/N-ethyl adjacent to an activating group) is 1. The maximum atomic E-state index is 11.8. The van der Waals surface area contributed by atoms with Gasteiger partial charge in [0.1, 0.15) is 0 Å². The maximum Gasteiger partial charge on any atom is 0.343 e. The number of aromatic carboxylic acids is 1. The van der Waals surface area contributed by atoms with Gasteiger partial charge in [0.15, 0.2) is 17.1 Å². The summed E-state index contributed by atoms with van der Waals surface area (Å²) in [6, 6.07) is 9.17. The minimum absolute atomic E-state index is 0.0744. The van der Waals surface area contributed by atoms with Crippen molar-refractivity contribution in [1.82, 2.24) is 15.0 Å². The minimum Gasteiger partial charge on any atom is -0.477 e. The zero-order valence-electron chi connectivity index (χ0n) is 15.5. The highest BCUT2D eigenvalue weighted by Gasteiger charge is 2.31. The van der Waals surface area contributed by atoms with Gasteiger partial charge in [0.05, 0.1) is 0 Å². The number of carboxylic acid groups (broad SMARTS) is 1. The third-order valence-electron chi connectivity index (χ3n) is 4.99. The van der Waals surface area contributed by atoms with Crippen molar-refractivity contribution in [2.75, 3.05) is 45.1 Å². The quantitative estimate of drug-likeness (QED) is 0.821. The normalized spacial score (nSPS) is 16.6. The number of carboxylic acids is 1. The summed E-state index contributed by atoms with van der Waals surface area (Å²) in [5.74, 6) is -0.499. The van der Waals surface area contributed by atoms with E-state index in [2.05, 4.69) is 41.2 Å². The van der Waals surface area contributed by atoms with Crippen LogP contribution >= 0.6 is 0 Å². The Bertz CT molecular complexity index is 749. The van der Waals surface area contributed by atoms with Crippen molar-refractivity contribution in [3.05, 3.63) is 35.9 Å². The molecule has 0 saturated carbocycles. The molecule has 0 amide bonds. The number of benzene rings is 1. The van der Waals surface area contributed by atoms with Crippen LogP contribution in [0.15, 0.2) is 34.9 Å². The Morgan fingerprint density at radius 2 is 1.88 bits per heavy atom. The fourth-order valence-corrected chi connectivity index (χ4v) is 3.22. The van der Waals surface area contributed by atoms with E-state index in [-0.39, 0.29) is 22.7 Å². The monoisotopic (exact) mass is 358 g/mol. The predicted molar refractivity (Wildman–Crippen MR) is 101 cm³/mol. The highest BCUT2D eigenvalue weighted by Crippen LogP contribution is 2.30. The van der Waals surface area contributed by atoms with Crippen molar-refractivity contribution in [2.45, 2.75) is 19.4 Å². The molecule has 2 N–H and O–H groups in total. The third-order valence-corrected chi connectivity index (χ3v) is 4.99. The van der Waals surface area contributed by atoms with Gasteiger partial charge in [-0.15, -0.1) is 0 Å². The van der Waals surface area contributed by atoms with Gasteiger partial charge in [-0.25, -0.2) is 4.79 Å². The fourth-order valence-electron chi connectivity index (χ4n) is 3.22. The molecule has 7 heteroatoms. The van der Waals surface area contributed by atoms with Crippen molar-refractivity contribution in [3.63, 3.8) is 0 Å². The summed E-state index contributed by atoms with van der Waals surface area (Å²) in [4.78, 5) is 16.5. The van der Waals surface area contributed by atoms with Crippen LogP contribution in [0, 0.1) is 0 Å². The second kappa shape index (κ2) is 7.47. The number of aromatic nitrogens is 1. The van der Waals surface area contributed by atoms with E-state index in [1.165, 1.54) is 0 Å². The van der Waals surface area contributed by atoms with Gasteiger partial charge in [0.2, 0.25) is 0 Å². The number of nitrogens with one attached hydrogen (secondary N) is 1. The Labute approximate surface area is 153 Å². The number of carbonyl (C=O) groups is 1. The molecule has 1 aromatic heterocycles. The summed E-state index contributed by atoms with van der Waals surface area (Å²) < 4.78 is 5.35. The number of anilines is 1. The lowest BCUT2D eigenvalue weighted by molar-refractivity contribution is 0.0686. The lowest BCUT2D eigenvalue weighted by Crippen LogP contribution is -2.56. The van der Waals surface area contributed by atoms with Crippen molar-refractivity contribution in [2.24, 2.45) is 0 Å². The van der Waals surface area contributed by atoms with Gasteiger partial charge in [0.25, 0.3) is 0 Å². The summed E-state index contributed by atoms with van der Waals surface area (Å²) in [5, 5.41) is 16.8. The zero-order chi connectivity index (χ0) is 18.7. The average molecular weight is 358 g/mol. The van der Waals surface area contributed by atoms with E-state index in [1.807, 2.05) is 30.3 Å². The van der Waals surface area contributed by atoms with Crippen LogP contribution in [0.25, 0.3) is 11.3 Å². The lowest BCUT2D eigenvalue weighted by Gasteiger charge is -2.43. The first kappa shape index (κ1) is 18.4. The highest BCUT2D eigenvalue weighted by atomic mass is 16.5. The molecule has 1 saturated heterocycles. The Morgan fingerprint density at radius 3 is 2.50 bits per heavy atom. The first-order valence-corrected chi connectivity index (χ1v) is 8.84. The molecule has 0 unspecified atom stereocenters. The van der Waals surface area contributed by atoms with Crippen molar-refractivity contribution in [3.8, 4) is 11.3 Å². The van der Waals surface area contributed by atoms with E-state index in [1.54, 1.807) is 0 Å². The largest absolute Gasteiger partial charge is 0.477 e. The van der Waals surface area contributed by atoms with Crippen LogP contribution in [0.3, 0.4) is 0 Å². The smallest absolute Gasteiger partial charge is 0.343 e. The van der Waals surface area contributed by atoms with E-state index >= 15 is 0 Å². The zero-order valence-corrected chi connectivity index (χ0v) is 15.5. The van der Waals surface area contributed by atoms with Gasteiger partial charge in [-0.05, 0) is 20.9 Å². The second-order valence-corrected chi connectivity index (χ2v) is 7.36. The molecule has 1 aromatic carbocycles. The van der Waals surface area contributed by atoms with Gasteiger partial charge in [-0.3, -0.25) is 4.90 Å². The lowest BCUT2D eigenvalue weighted by atomic mass is 10.0. The van der Waals surface area contributed by atoms with E-state index in [0.29, 0.717) is 12.1 Å². The van der Waals surface area contributed by atoms with Crippen LogP contribution in [-0.2, 0) is 0 Å². The van der Waals surface area contributed by atoms with Crippen molar-refractivity contribution < 1.29 is 14.4 Å². The highest BCUT2D eigenvalue weighted by molar-refractivity contribution is 5.99. The fraction of sp³-hybridized carbons (Fsp3) is 0.474. The SMILES string of the molecule is CN1CCN(C(C)(C)CNc2noc(-c3ccccc3)c2C(=O)O)CC1. The van der Waals surface area contributed by atoms with Gasteiger partial charge >= 0.3 is 5.97 Å². The number of nitrogens with zero attached hydrogens (tertiary/aromatic N) is 3. The van der Waals surface area contributed by atoms with Gasteiger partial charge in [-0.2, -0.15) is 0 Å². The van der Waals surface area contributed by atoms with Crippen molar-refractivity contribution in [1.29, 1.82) is 0 Å². The van der Waals surface area contributed by atoms with Gasteiger partial charge in [-0.1, -0.05) is 35.5 Å². The molecule has 0 spiro atoms. The molecule has 0 bridgehead atoms. The van der Waals surface area contributed by atoms with E-state index < -0.39 is 5.97 Å². The van der Waals surface area contributed by atoms with Gasteiger partial charge in [0, 0.05) is 43.8 Å². The molecular weight excluding hydrogens is 332 g/mol. The average Bonchev–Trinajstić information content (AvgIpc) is 3.05. The van der Waals surface area contributed by atoms with Crippen LogP contribution in [-0.4, -0.2) is 71.3 Å². The molecule has 1 aliphatic rings. The Kier molecular flexibility index (Phi) is 5.29. The molecule has 0 aliphatic carbocycles. The molecule has 2 heterocycles. The van der Waals surface area contributed by atoms with E-state index in [4.69, 9.17) is 4.52 Å². The molecule has 26 heavy (non-hydrogen) atoms. The Balaban J connectivity index is 1.76. The van der Waals surface area contributed by atoms with E-state index in [9.17, 15) is 9.90 Å². The topological polar surface area (TPSA) is 81.8 Å². The Hall–Kier alpha value is -2.38. The minimum atomic E-state index is -1.05. The molecule has 1 aliphatic heterocycles. The molecule has 140 valence electrons. The summed E-state index contributed by atoms with van der Waals surface area (Å²) in [6.45, 7) is 8.94. The Morgan fingerprint density at radius 1 is 1.23 bits per heavy atom. The molecular formula is C19H26N4O3. The predicted octanol–water partition coefficient (Wildman–Crippen LogP) is 2.48. The van der Waals surface area contributed by atoms with Crippen LogP contribution in [0.1, 0.15) is 24.2 Å². The summed E-state index contributed by atoms with van der Waals surface area (Å²) in [5.41, 5.74) is 0.650. The van der Waals surface area contributed by atoms with E-state index in [0.717, 1.165) is 26.2 Å².